The van der Waals surface area contributed by atoms with E-state index in [-0.39, 0.29) is 5.56 Å². The van der Waals surface area contributed by atoms with Gasteiger partial charge in [0.05, 0.1) is 15.7 Å². The van der Waals surface area contributed by atoms with E-state index in [1.54, 1.807) is 6.07 Å². The minimum Gasteiger partial charge on any atom is -0.296 e. The van der Waals surface area contributed by atoms with Gasteiger partial charge in [0.2, 0.25) is 4.96 Å². The van der Waals surface area contributed by atoms with Gasteiger partial charge in [-0.05, 0) is 25.1 Å². The zero-order valence-corrected chi connectivity index (χ0v) is 15.6. The number of fused-ring (bicyclic) bond motifs is 1. The lowest BCUT2D eigenvalue weighted by Crippen LogP contribution is -2.22. The van der Waals surface area contributed by atoms with Crippen LogP contribution in [0.15, 0.2) is 29.1 Å². The Morgan fingerprint density at radius 3 is 2.83 bits per heavy atom. The molecule has 0 atom stereocenters. The molecule has 3 rings (SSSR count). The summed E-state index contributed by atoms with van der Waals surface area (Å²) >= 11 is 13.7. The van der Waals surface area contributed by atoms with Gasteiger partial charge in [-0.2, -0.15) is 9.61 Å². The topological polar surface area (TPSA) is 50.5 Å². The van der Waals surface area contributed by atoms with E-state index in [1.807, 2.05) is 31.0 Å². The number of aryl methyl sites for hydroxylation is 1. The van der Waals surface area contributed by atoms with E-state index in [0.29, 0.717) is 33.8 Å². The van der Waals surface area contributed by atoms with Crippen molar-refractivity contribution < 1.29 is 0 Å². The van der Waals surface area contributed by atoms with Crippen molar-refractivity contribution in [3.8, 4) is 0 Å². The Labute approximate surface area is 153 Å². The lowest BCUT2D eigenvalue weighted by molar-refractivity contribution is 0.315. The maximum absolute atomic E-state index is 12.2. The largest absolute Gasteiger partial charge is 0.296 e. The molecule has 2 aromatic heterocycles. The van der Waals surface area contributed by atoms with E-state index in [1.165, 1.54) is 21.9 Å². The van der Waals surface area contributed by atoms with Gasteiger partial charge in [0.15, 0.2) is 0 Å². The molecule has 1 aromatic carbocycles. The maximum Gasteiger partial charge on any atom is 0.275 e. The molecule has 0 aliphatic heterocycles. The van der Waals surface area contributed by atoms with Crippen LogP contribution in [-0.2, 0) is 19.5 Å². The fraction of sp³-hybridized carbons (Fsp3) is 0.312. The molecule has 0 radical (unpaired) electrons. The lowest BCUT2D eigenvalue weighted by atomic mass is 10.2. The molecule has 5 nitrogen and oxygen atoms in total. The minimum atomic E-state index is -0.153. The molecule has 0 aliphatic carbocycles. The Bertz CT molecular complexity index is 937. The van der Waals surface area contributed by atoms with Crippen LogP contribution in [0.4, 0.5) is 0 Å². The fourth-order valence-corrected chi connectivity index (χ4v) is 3.65. The van der Waals surface area contributed by atoms with Crippen LogP contribution in [-0.4, -0.2) is 26.5 Å². The molecule has 126 valence electrons. The zero-order chi connectivity index (χ0) is 17.3. The molecular formula is C16H16Cl2N4OS. The first kappa shape index (κ1) is 17.4. The number of aromatic nitrogens is 3. The van der Waals surface area contributed by atoms with E-state index in [9.17, 15) is 4.79 Å². The van der Waals surface area contributed by atoms with Gasteiger partial charge in [-0.3, -0.25) is 9.69 Å². The summed E-state index contributed by atoms with van der Waals surface area (Å²) in [5.74, 6) is 0. The van der Waals surface area contributed by atoms with Gasteiger partial charge < -0.3 is 0 Å². The third kappa shape index (κ3) is 3.62. The van der Waals surface area contributed by atoms with E-state index in [4.69, 9.17) is 23.2 Å². The van der Waals surface area contributed by atoms with Gasteiger partial charge >= 0.3 is 0 Å². The Balaban J connectivity index is 1.81. The first-order chi connectivity index (χ1) is 11.5. The molecule has 0 saturated carbocycles. The molecule has 0 N–H and O–H groups in total. The molecular weight excluding hydrogens is 367 g/mol. The summed E-state index contributed by atoms with van der Waals surface area (Å²) in [6.07, 6.45) is 0.788. The highest BCUT2D eigenvalue weighted by Crippen LogP contribution is 2.26. The Kier molecular flexibility index (Phi) is 5.20. The van der Waals surface area contributed by atoms with Crippen molar-refractivity contribution in [2.45, 2.75) is 26.4 Å². The summed E-state index contributed by atoms with van der Waals surface area (Å²) in [7, 11) is 1.95. The molecule has 0 unspecified atom stereocenters. The molecule has 0 amide bonds. The summed E-state index contributed by atoms with van der Waals surface area (Å²) in [5, 5.41) is 6.25. The van der Waals surface area contributed by atoms with E-state index in [0.717, 1.165) is 17.0 Å². The van der Waals surface area contributed by atoms with Crippen LogP contribution in [0.2, 0.25) is 10.0 Å². The first-order valence-electron chi connectivity index (χ1n) is 7.48. The average Bonchev–Trinajstić information content (AvgIpc) is 2.95. The van der Waals surface area contributed by atoms with Crippen LogP contribution in [0.3, 0.4) is 0 Å². The van der Waals surface area contributed by atoms with Crippen molar-refractivity contribution in [2.24, 2.45) is 0 Å². The molecule has 24 heavy (non-hydrogen) atoms. The summed E-state index contributed by atoms with van der Waals surface area (Å²) in [5.41, 5.74) is 1.50. The van der Waals surface area contributed by atoms with Crippen molar-refractivity contribution in [2.75, 3.05) is 7.05 Å². The zero-order valence-electron chi connectivity index (χ0n) is 13.3. The van der Waals surface area contributed by atoms with Crippen molar-refractivity contribution in [3.63, 3.8) is 0 Å². The monoisotopic (exact) mass is 382 g/mol. The second-order valence-electron chi connectivity index (χ2n) is 5.51. The van der Waals surface area contributed by atoms with E-state index < -0.39 is 0 Å². The number of hydrogen-bond acceptors (Lipinski definition) is 5. The second-order valence-corrected chi connectivity index (χ2v) is 7.34. The number of rotatable bonds is 5. The quantitative estimate of drug-likeness (QED) is 0.675. The molecule has 0 aliphatic rings. The summed E-state index contributed by atoms with van der Waals surface area (Å²) in [6, 6.07) is 7.10. The molecule has 0 fully saturated rings. The molecule has 2 heterocycles. The third-order valence-corrected chi connectivity index (χ3v) is 5.46. The van der Waals surface area contributed by atoms with Gasteiger partial charge in [-0.15, -0.1) is 0 Å². The van der Waals surface area contributed by atoms with E-state index in [2.05, 4.69) is 10.1 Å². The van der Waals surface area contributed by atoms with Gasteiger partial charge in [0.25, 0.3) is 5.56 Å². The Morgan fingerprint density at radius 2 is 2.08 bits per heavy atom. The highest BCUT2D eigenvalue weighted by molar-refractivity contribution is 7.16. The second kappa shape index (κ2) is 7.19. The molecule has 8 heteroatoms. The standard InChI is InChI=1S/C16H16Cl2N4OS/c1-3-13-20-22-14(23)7-11(19-16(22)24-13)9-21(2)8-10-5-4-6-12(17)15(10)18/h4-7H,3,8-9H2,1-2H3. The Morgan fingerprint density at radius 1 is 1.29 bits per heavy atom. The van der Waals surface area contributed by atoms with Crippen LogP contribution in [0.1, 0.15) is 23.2 Å². The predicted octanol–water partition coefficient (Wildman–Crippen LogP) is 3.65. The van der Waals surface area contributed by atoms with Crippen molar-refractivity contribution in [1.82, 2.24) is 19.5 Å². The molecule has 0 spiro atoms. The number of halogens is 2. The predicted molar refractivity (Wildman–Crippen MR) is 98.1 cm³/mol. The first-order valence-corrected chi connectivity index (χ1v) is 9.05. The van der Waals surface area contributed by atoms with Crippen molar-refractivity contribution >= 4 is 39.5 Å². The normalized spacial score (nSPS) is 11.5. The highest BCUT2D eigenvalue weighted by atomic mass is 35.5. The van der Waals surface area contributed by atoms with Gasteiger partial charge in [-0.25, -0.2) is 4.98 Å². The van der Waals surface area contributed by atoms with Gasteiger partial charge in [-0.1, -0.05) is 53.6 Å². The van der Waals surface area contributed by atoms with Crippen LogP contribution in [0.25, 0.3) is 4.96 Å². The minimum absolute atomic E-state index is 0.153. The average molecular weight is 383 g/mol. The van der Waals surface area contributed by atoms with Crippen LogP contribution in [0, 0.1) is 0 Å². The van der Waals surface area contributed by atoms with Crippen molar-refractivity contribution in [3.05, 3.63) is 60.9 Å². The number of hydrogen-bond donors (Lipinski definition) is 0. The molecule has 0 saturated heterocycles. The summed E-state index contributed by atoms with van der Waals surface area (Å²) in [6.45, 7) is 3.16. The van der Waals surface area contributed by atoms with Gasteiger partial charge in [0, 0.05) is 19.2 Å². The summed E-state index contributed by atoms with van der Waals surface area (Å²) in [4.78, 5) is 19.4. The van der Waals surface area contributed by atoms with Crippen molar-refractivity contribution in [1.29, 1.82) is 0 Å². The molecule has 0 bridgehead atoms. The van der Waals surface area contributed by atoms with Gasteiger partial charge in [0.1, 0.15) is 5.01 Å². The van der Waals surface area contributed by atoms with Crippen LogP contribution < -0.4 is 5.56 Å². The number of nitrogens with zero attached hydrogens (tertiary/aromatic N) is 4. The van der Waals surface area contributed by atoms with Crippen LogP contribution >= 0.6 is 34.5 Å². The van der Waals surface area contributed by atoms with Crippen LogP contribution in [0.5, 0.6) is 0 Å². The Hall–Kier alpha value is -1.47. The smallest absolute Gasteiger partial charge is 0.275 e. The number of benzene rings is 1. The summed E-state index contributed by atoms with van der Waals surface area (Å²) < 4.78 is 1.36. The van der Waals surface area contributed by atoms with E-state index >= 15 is 0 Å². The maximum atomic E-state index is 12.2. The molecule has 3 aromatic rings. The fourth-order valence-electron chi connectivity index (χ4n) is 2.41. The SMILES string of the molecule is CCc1nn2c(=O)cc(CN(C)Cc3cccc(Cl)c3Cl)nc2s1. The highest BCUT2D eigenvalue weighted by Gasteiger charge is 2.11. The lowest BCUT2D eigenvalue weighted by Gasteiger charge is -2.17. The third-order valence-electron chi connectivity index (χ3n) is 3.55.